The first-order chi connectivity index (χ1) is 8.85. The van der Waals surface area contributed by atoms with Crippen molar-refractivity contribution in [1.29, 1.82) is 0 Å². The van der Waals surface area contributed by atoms with Crippen LogP contribution in [0.1, 0.15) is 43.4 Å². The van der Waals surface area contributed by atoms with Crippen LogP contribution in [0.25, 0.3) is 0 Å². The van der Waals surface area contributed by atoms with E-state index < -0.39 is 0 Å². The molecule has 1 aromatic rings. The third-order valence-electron chi connectivity index (χ3n) is 3.70. The first kappa shape index (κ1) is 13.5. The summed E-state index contributed by atoms with van der Waals surface area (Å²) in [6, 6.07) is 8.98. The zero-order chi connectivity index (χ0) is 12.8. The lowest BCUT2D eigenvalue weighted by Gasteiger charge is -2.30. The van der Waals surface area contributed by atoms with Gasteiger partial charge in [0.05, 0.1) is 12.6 Å². The molecule has 2 unspecified atom stereocenters. The fourth-order valence-corrected chi connectivity index (χ4v) is 2.76. The molecule has 2 atom stereocenters. The summed E-state index contributed by atoms with van der Waals surface area (Å²) in [5, 5.41) is 0. The highest BCUT2D eigenvalue weighted by molar-refractivity contribution is 5.26. The monoisotopic (exact) mass is 248 g/mol. The minimum Gasteiger partial charge on any atom is -0.381 e. The number of nitrogens with one attached hydrogen (secondary N) is 1. The van der Waals surface area contributed by atoms with Gasteiger partial charge in [0, 0.05) is 12.5 Å². The number of aryl methyl sites for hydroxylation is 1. The van der Waals surface area contributed by atoms with Crippen molar-refractivity contribution < 1.29 is 4.74 Å². The lowest BCUT2D eigenvalue weighted by atomic mass is 9.88. The average molecular weight is 248 g/mol. The average Bonchev–Trinajstić information content (AvgIpc) is 2.42. The highest BCUT2D eigenvalue weighted by Gasteiger charge is 2.24. The van der Waals surface area contributed by atoms with E-state index in [0.717, 1.165) is 26.1 Å². The predicted octanol–water partition coefficient (Wildman–Crippen LogP) is 2.57. The number of nitrogens with two attached hydrogens (primary N) is 1. The maximum Gasteiger partial charge on any atom is 0.0513 e. The van der Waals surface area contributed by atoms with E-state index >= 15 is 0 Å². The summed E-state index contributed by atoms with van der Waals surface area (Å²) in [5.41, 5.74) is 5.66. The van der Waals surface area contributed by atoms with E-state index in [4.69, 9.17) is 10.6 Å². The van der Waals surface area contributed by atoms with Gasteiger partial charge in [-0.05, 0) is 30.4 Å². The Kier molecular flexibility index (Phi) is 5.17. The van der Waals surface area contributed by atoms with Crippen LogP contribution in [0.2, 0.25) is 0 Å². The quantitative estimate of drug-likeness (QED) is 0.622. The molecule has 0 bridgehead atoms. The second-order valence-electron chi connectivity index (χ2n) is 5.12. The molecule has 18 heavy (non-hydrogen) atoms. The molecule has 0 aromatic heterocycles. The first-order valence-electron chi connectivity index (χ1n) is 6.98. The number of rotatable bonds is 5. The highest BCUT2D eigenvalue weighted by atomic mass is 16.5. The van der Waals surface area contributed by atoms with E-state index in [2.05, 4.69) is 36.6 Å². The fourth-order valence-electron chi connectivity index (χ4n) is 2.76. The van der Waals surface area contributed by atoms with Gasteiger partial charge in [-0.2, -0.15) is 0 Å². The number of hydrogen-bond donors (Lipinski definition) is 2. The Labute approximate surface area is 110 Å². The molecule has 1 aromatic carbocycles. The van der Waals surface area contributed by atoms with Crippen molar-refractivity contribution in [3.63, 3.8) is 0 Å². The number of hydrogen-bond acceptors (Lipinski definition) is 3. The molecule has 0 saturated carbocycles. The van der Waals surface area contributed by atoms with E-state index in [-0.39, 0.29) is 6.04 Å². The second-order valence-corrected chi connectivity index (χ2v) is 5.12. The Morgan fingerprint density at radius 1 is 1.50 bits per heavy atom. The van der Waals surface area contributed by atoms with Crippen molar-refractivity contribution in [3.8, 4) is 0 Å². The van der Waals surface area contributed by atoms with Crippen molar-refractivity contribution >= 4 is 0 Å². The van der Waals surface area contributed by atoms with Gasteiger partial charge in [-0.1, -0.05) is 37.6 Å². The summed E-state index contributed by atoms with van der Waals surface area (Å²) in [4.78, 5) is 0. The molecule has 1 aliphatic rings. The SMILES string of the molecule is CCCc1cccc(C(NN)C2CCCOC2)c1. The van der Waals surface area contributed by atoms with E-state index in [1.807, 2.05) is 0 Å². The van der Waals surface area contributed by atoms with Crippen LogP contribution in [0.15, 0.2) is 24.3 Å². The van der Waals surface area contributed by atoms with Gasteiger partial charge in [-0.25, -0.2) is 0 Å². The Morgan fingerprint density at radius 2 is 2.39 bits per heavy atom. The minimum absolute atomic E-state index is 0.210. The molecule has 0 amide bonds. The summed E-state index contributed by atoms with van der Waals surface area (Å²) in [6.45, 7) is 3.91. The summed E-state index contributed by atoms with van der Waals surface area (Å²) >= 11 is 0. The van der Waals surface area contributed by atoms with Crippen molar-refractivity contribution in [1.82, 2.24) is 5.43 Å². The fraction of sp³-hybridized carbons (Fsp3) is 0.600. The van der Waals surface area contributed by atoms with Gasteiger partial charge in [-0.3, -0.25) is 11.3 Å². The number of ether oxygens (including phenoxy) is 1. The minimum atomic E-state index is 0.210. The van der Waals surface area contributed by atoms with Gasteiger partial charge in [0.2, 0.25) is 0 Å². The smallest absolute Gasteiger partial charge is 0.0513 e. The second kappa shape index (κ2) is 6.88. The maximum atomic E-state index is 5.75. The molecule has 1 fully saturated rings. The zero-order valence-corrected chi connectivity index (χ0v) is 11.2. The van der Waals surface area contributed by atoms with Gasteiger partial charge in [-0.15, -0.1) is 0 Å². The molecule has 3 N–H and O–H groups in total. The summed E-state index contributed by atoms with van der Waals surface area (Å²) in [5.74, 6) is 6.24. The topological polar surface area (TPSA) is 47.3 Å². The molecule has 3 heteroatoms. The molecule has 1 aliphatic heterocycles. The lowest BCUT2D eigenvalue weighted by molar-refractivity contribution is 0.0390. The standard InChI is InChI=1S/C15H24N2O/c1-2-5-12-6-3-7-13(10-12)15(17-16)14-8-4-9-18-11-14/h3,6-7,10,14-15,17H,2,4-5,8-9,11,16H2,1H3. The number of hydrazine groups is 1. The molecule has 1 heterocycles. The van der Waals surface area contributed by atoms with Gasteiger partial charge >= 0.3 is 0 Å². The van der Waals surface area contributed by atoms with E-state index in [0.29, 0.717) is 5.92 Å². The summed E-state index contributed by atoms with van der Waals surface area (Å²) < 4.78 is 5.57. The van der Waals surface area contributed by atoms with E-state index in [9.17, 15) is 0 Å². The molecule has 2 rings (SSSR count). The van der Waals surface area contributed by atoms with Gasteiger partial charge < -0.3 is 4.74 Å². The summed E-state index contributed by atoms with van der Waals surface area (Å²) in [6.07, 6.45) is 4.63. The summed E-state index contributed by atoms with van der Waals surface area (Å²) in [7, 11) is 0. The Morgan fingerprint density at radius 3 is 3.06 bits per heavy atom. The van der Waals surface area contributed by atoms with Crippen molar-refractivity contribution in [2.75, 3.05) is 13.2 Å². The van der Waals surface area contributed by atoms with Crippen LogP contribution < -0.4 is 11.3 Å². The van der Waals surface area contributed by atoms with Crippen LogP contribution >= 0.6 is 0 Å². The zero-order valence-electron chi connectivity index (χ0n) is 11.2. The van der Waals surface area contributed by atoms with Crippen LogP contribution in [0.4, 0.5) is 0 Å². The van der Waals surface area contributed by atoms with Crippen LogP contribution in [0.5, 0.6) is 0 Å². The molecule has 100 valence electrons. The molecule has 0 radical (unpaired) electrons. The Bertz CT molecular complexity index is 361. The molecule has 0 spiro atoms. The van der Waals surface area contributed by atoms with Crippen LogP contribution in [-0.4, -0.2) is 13.2 Å². The van der Waals surface area contributed by atoms with E-state index in [1.54, 1.807) is 0 Å². The molecule has 1 saturated heterocycles. The first-order valence-corrected chi connectivity index (χ1v) is 6.98. The third-order valence-corrected chi connectivity index (χ3v) is 3.70. The lowest BCUT2D eigenvalue weighted by Crippen LogP contribution is -2.37. The van der Waals surface area contributed by atoms with Gasteiger partial charge in [0.15, 0.2) is 0 Å². The van der Waals surface area contributed by atoms with Gasteiger partial charge in [0.1, 0.15) is 0 Å². The van der Waals surface area contributed by atoms with Crippen molar-refractivity contribution in [2.24, 2.45) is 11.8 Å². The maximum absolute atomic E-state index is 5.75. The molecular formula is C15H24N2O. The molecular weight excluding hydrogens is 224 g/mol. The predicted molar refractivity (Wildman–Crippen MR) is 74.0 cm³/mol. The van der Waals surface area contributed by atoms with Gasteiger partial charge in [0.25, 0.3) is 0 Å². The number of benzene rings is 1. The van der Waals surface area contributed by atoms with E-state index in [1.165, 1.54) is 24.0 Å². The third kappa shape index (κ3) is 3.31. The molecule has 3 nitrogen and oxygen atoms in total. The largest absolute Gasteiger partial charge is 0.381 e. The van der Waals surface area contributed by atoms with Crippen molar-refractivity contribution in [2.45, 2.75) is 38.6 Å². The highest BCUT2D eigenvalue weighted by Crippen LogP contribution is 2.28. The Balaban J connectivity index is 2.12. The van der Waals surface area contributed by atoms with Crippen LogP contribution in [-0.2, 0) is 11.2 Å². The Hall–Kier alpha value is -0.900. The van der Waals surface area contributed by atoms with Crippen LogP contribution in [0.3, 0.4) is 0 Å². The van der Waals surface area contributed by atoms with Crippen molar-refractivity contribution in [3.05, 3.63) is 35.4 Å². The van der Waals surface area contributed by atoms with Crippen LogP contribution in [0, 0.1) is 5.92 Å². The normalized spacial score (nSPS) is 21.8. The molecule has 0 aliphatic carbocycles.